The van der Waals surface area contributed by atoms with Crippen LogP contribution < -0.4 is 10.1 Å². The zero-order valence-corrected chi connectivity index (χ0v) is 13.9. The Morgan fingerprint density at radius 1 is 1.18 bits per heavy atom. The molecule has 2 aromatic carbocycles. The Morgan fingerprint density at radius 3 is 2.45 bits per heavy atom. The minimum Gasteiger partial charge on any atom is -0.491 e. The van der Waals surface area contributed by atoms with Crippen molar-refractivity contribution in [2.75, 3.05) is 5.32 Å². The van der Waals surface area contributed by atoms with E-state index in [0.717, 1.165) is 12.2 Å². The predicted octanol–water partition coefficient (Wildman–Crippen LogP) is 5.42. The van der Waals surface area contributed by atoms with Crippen LogP contribution in [0.5, 0.6) is 5.75 Å². The van der Waals surface area contributed by atoms with Gasteiger partial charge in [-0.1, -0.05) is 30.1 Å². The topological polar surface area (TPSA) is 38.3 Å². The van der Waals surface area contributed by atoms with Crippen LogP contribution in [0.1, 0.15) is 30.6 Å². The SMILES string of the molecule is CCC(C)Oc1ccc(NC(=O)c2ccc(Cl)cc2Cl)cc1. The maximum Gasteiger partial charge on any atom is 0.257 e. The number of anilines is 1. The van der Waals surface area contributed by atoms with Gasteiger partial charge in [0.15, 0.2) is 0 Å². The highest BCUT2D eigenvalue weighted by molar-refractivity contribution is 6.37. The molecule has 1 N–H and O–H groups in total. The average molecular weight is 338 g/mol. The van der Waals surface area contributed by atoms with Gasteiger partial charge in [-0.3, -0.25) is 4.79 Å². The second-order valence-electron chi connectivity index (χ2n) is 4.94. The second-order valence-corrected chi connectivity index (χ2v) is 5.78. The largest absolute Gasteiger partial charge is 0.491 e. The molecule has 0 fully saturated rings. The number of hydrogen-bond acceptors (Lipinski definition) is 2. The predicted molar refractivity (Wildman–Crippen MR) is 91.2 cm³/mol. The monoisotopic (exact) mass is 337 g/mol. The summed E-state index contributed by atoms with van der Waals surface area (Å²) in [7, 11) is 0. The maximum atomic E-state index is 12.2. The molecule has 5 heteroatoms. The van der Waals surface area contributed by atoms with Crippen molar-refractivity contribution in [1.82, 2.24) is 0 Å². The Morgan fingerprint density at radius 2 is 1.86 bits per heavy atom. The standard InChI is InChI=1S/C17H17Cl2NO2/c1-3-11(2)22-14-7-5-13(6-8-14)20-17(21)15-9-4-12(18)10-16(15)19/h4-11H,3H2,1-2H3,(H,20,21). The molecule has 3 nitrogen and oxygen atoms in total. The first-order chi connectivity index (χ1) is 10.5. The number of carbonyl (C=O) groups is 1. The summed E-state index contributed by atoms with van der Waals surface area (Å²) in [4.78, 5) is 12.2. The van der Waals surface area contributed by atoms with Gasteiger partial charge in [-0.15, -0.1) is 0 Å². The van der Waals surface area contributed by atoms with Crippen LogP contribution >= 0.6 is 23.2 Å². The number of benzene rings is 2. The van der Waals surface area contributed by atoms with Gasteiger partial charge in [0.1, 0.15) is 5.75 Å². The first-order valence-corrected chi connectivity index (χ1v) is 7.78. The van der Waals surface area contributed by atoms with Gasteiger partial charge in [-0.05, 0) is 55.8 Å². The molecular weight excluding hydrogens is 321 g/mol. The van der Waals surface area contributed by atoms with Crippen LogP contribution in [-0.2, 0) is 0 Å². The van der Waals surface area contributed by atoms with Crippen molar-refractivity contribution in [3.63, 3.8) is 0 Å². The lowest BCUT2D eigenvalue weighted by Crippen LogP contribution is -2.13. The van der Waals surface area contributed by atoms with E-state index >= 15 is 0 Å². The van der Waals surface area contributed by atoms with Crippen LogP contribution in [0.15, 0.2) is 42.5 Å². The van der Waals surface area contributed by atoms with Gasteiger partial charge in [0.25, 0.3) is 5.91 Å². The van der Waals surface area contributed by atoms with Crippen molar-refractivity contribution in [3.8, 4) is 5.75 Å². The van der Waals surface area contributed by atoms with E-state index in [1.54, 1.807) is 30.3 Å². The summed E-state index contributed by atoms with van der Waals surface area (Å²) in [5.74, 6) is 0.495. The molecule has 0 aliphatic rings. The summed E-state index contributed by atoms with van der Waals surface area (Å²) in [6, 6.07) is 12.0. The summed E-state index contributed by atoms with van der Waals surface area (Å²) in [6.45, 7) is 4.08. The minimum atomic E-state index is -0.280. The van der Waals surface area contributed by atoms with Gasteiger partial charge in [0, 0.05) is 10.7 Å². The van der Waals surface area contributed by atoms with E-state index in [2.05, 4.69) is 12.2 Å². The normalized spacial score (nSPS) is 11.8. The molecule has 0 saturated heterocycles. The highest BCUT2D eigenvalue weighted by Crippen LogP contribution is 2.23. The lowest BCUT2D eigenvalue weighted by atomic mass is 10.2. The summed E-state index contributed by atoms with van der Waals surface area (Å²) in [6.07, 6.45) is 1.10. The molecule has 0 spiro atoms. The third-order valence-electron chi connectivity index (χ3n) is 3.20. The quantitative estimate of drug-likeness (QED) is 0.790. The Balaban J connectivity index is 2.05. The Labute approximate surface area is 140 Å². The molecule has 0 radical (unpaired) electrons. The molecule has 0 aliphatic heterocycles. The third kappa shape index (κ3) is 4.39. The fraction of sp³-hybridized carbons (Fsp3) is 0.235. The number of ether oxygens (including phenoxy) is 1. The molecule has 1 atom stereocenters. The van der Waals surface area contributed by atoms with Crippen molar-refractivity contribution >= 4 is 34.8 Å². The van der Waals surface area contributed by atoms with E-state index in [-0.39, 0.29) is 12.0 Å². The van der Waals surface area contributed by atoms with E-state index < -0.39 is 0 Å². The van der Waals surface area contributed by atoms with Gasteiger partial charge < -0.3 is 10.1 Å². The van der Waals surface area contributed by atoms with Crippen molar-refractivity contribution in [2.45, 2.75) is 26.4 Å². The molecule has 0 aromatic heterocycles. The van der Waals surface area contributed by atoms with Crippen LogP contribution in [0.2, 0.25) is 10.0 Å². The highest BCUT2D eigenvalue weighted by Gasteiger charge is 2.11. The van der Waals surface area contributed by atoms with Crippen LogP contribution in [0.25, 0.3) is 0 Å². The first kappa shape index (κ1) is 16.7. The number of halogens is 2. The third-order valence-corrected chi connectivity index (χ3v) is 3.75. The molecule has 2 rings (SSSR count). The Bertz CT molecular complexity index is 656. The summed E-state index contributed by atoms with van der Waals surface area (Å²) >= 11 is 11.8. The molecule has 2 aromatic rings. The van der Waals surface area contributed by atoms with E-state index in [1.165, 1.54) is 0 Å². The van der Waals surface area contributed by atoms with Gasteiger partial charge in [0.2, 0.25) is 0 Å². The summed E-state index contributed by atoms with van der Waals surface area (Å²) < 4.78 is 5.69. The average Bonchev–Trinajstić information content (AvgIpc) is 2.49. The Kier molecular flexibility index (Phi) is 5.69. The van der Waals surface area contributed by atoms with Gasteiger partial charge >= 0.3 is 0 Å². The van der Waals surface area contributed by atoms with E-state index in [1.807, 2.05) is 19.1 Å². The number of amides is 1. The number of hydrogen-bond donors (Lipinski definition) is 1. The molecule has 22 heavy (non-hydrogen) atoms. The molecule has 1 unspecified atom stereocenters. The summed E-state index contributed by atoms with van der Waals surface area (Å²) in [5.41, 5.74) is 1.05. The summed E-state index contributed by atoms with van der Waals surface area (Å²) in [5, 5.41) is 3.61. The lowest BCUT2D eigenvalue weighted by molar-refractivity contribution is 0.102. The molecule has 0 heterocycles. The van der Waals surface area contributed by atoms with Crippen LogP contribution in [-0.4, -0.2) is 12.0 Å². The minimum absolute atomic E-state index is 0.160. The molecule has 0 aliphatic carbocycles. The molecule has 0 bridgehead atoms. The maximum absolute atomic E-state index is 12.2. The number of carbonyl (C=O) groups excluding carboxylic acids is 1. The number of rotatable bonds is 5. The van der Waals surface area contributed by atoms with Crippen LogP contribution in [0.3, 0.4) is 0 Å². The van der Waals surface area contributed by atoms with E-state index in [4.69, 9.17) is 27.9 Å². The highest BCUT2D eigenvalue weighted by atomic mass is 35.5. The van der Waals surface area contributed by atoms with Gasteiger partial charge in [-0.2, -0.15) is 0 Å². The van der Waals surface area contributed by atoms with Crippen molar-refractivity contribution in [1.29, 1.82) is 0 Å². The van der Waals surface area contributed by atoms with Gasteiger partial charge in [-0.25, -0.2) is 0 Å². The zero-order valence-electron chi connectivity index (χ0n) is 12.4. The molecule has 1 amide bonds. The van der Waals surface area contributed by atoms with E-state index in [0.29, 0.717) is 21.3 Å². The first-order valence-electron chi connectivity index (χ1n) is 7.02. The zero-order chi connectivity index (χ0) is 16.1. The van der Waals surface area contributed by atoms with E-state index in [9.17, 15) is 4.79 Å². The fourth-order valence-electron chi connectivity index (χ4n) is 1.80. The molecule has 116 valence electrons. The Hall–Kier alpha value is -1.71. The second kappa shape index (κ2) is 7.52. The number of nitrogens with one attached hydrogen (secondary N) is 1. The molecule has 0 saturated carbocycles. The smallest absolute Gasteiger partial charge is 0.257 e. The van der Waals surface area contributed by atoms with Crippen LogP contribution in [0, 0.1) is 0 Å². The van der Waals surface area contributed by atoms with Crippen molar-refractivity contribution < 1.29 is 9.53 Å². The van der Waals surface area contributed by atoms with Crippen LogP contribution in [0.4, 0.5) is 5.69 Å². The lowest BCUT2D eigenvalue weighted by Gasteiger charge is -2.13. The molecular formula is C17H17Cl2NO2. The fourth-order valence-corrected chi connectivity index (χ4v) is 2.30. The van der Waals surface area contributed by atoms with Crippen molar-refractivity contribution in [3.05, 3.63) is 58.1 Å². The van der Waals surface area contributed by atoms with Gasteiger partial charge in [0.05, 0.1) is 16.7 Å². The van der Waals surface area contributed by atoms with Crippen molar-refractivity contribution in [2.24, 2.45) is 0 Å².